The molecule has 0 aromatic carbocycles. The van der Waals surface area contributed by atoms with Gasteiger partial charge in [-0.25, -0.2) is 4.79 Å². The molecule has 0 unspecified atom stereocenters. The second-order valence-electron chi connectivity index (χ2n) is 1.51. The molecule has 0 fully saturated rings. The predicted molar refractivity (Wildman–Crippen MR) is 27.4 cm³/mol. The maximum Gasteiger partial charge on any atom is 0.423 e. The van der Waals surface area contributed by atoms with Gasteiger partial charge in [0, 0.05) is 0 Å². The second-order valence-corrected chi connectivity index (χ2v) is 1.51. The molecule has 0 rings (SSSR count). The number of aliphatic carboxylic acids is 1. The van der Waals surface area contributed by atoms with Crippen LogP contribution in [0.15, 0.2) is 11.6 Å². The fourth-order valence-corrected chi connectivity index (χ4v) is 0.408. The van der Waals surface area contributed by atoms with Gasteiger partial charge in [0.05, 0.1) is 0 Å². The van der Waals surface area contributed by atoms with Crippen molar-refractivity contribution in [3.8, 4) is 0 Å². The van der Waals surface area contributed by atoms with E-state index in [2.05, 4.69) is 0 Å². The summed E-state index contributed by atoms with van der Waals surface area (Å²) in [4.78, 5) is 9.79. The van der Waals surface area contributed by atoms with Crippen molar-refractivity contribution in [2.75, 3.05) is 0 Å². The third-order valence-electron chi connectivity index (χ3n) is 0.824. The summed E-state index contributed by atoms with van der Waals surface area (Å²) in [7, 11) is 0. The number of alkyl halides is 3. The lowest BCUT2D eigenvalue weighted by Crippen LogP contribution is -2.19. The first-order chi connectivity index (χ1) is 4.39. The average Bonchev–Trinajstić information content (AvgIpc) is 1.60. The zero-order chi connectivity index (χ0) is 8.36. The molecule has 0 aromatic rings. The summed E-state index contributed by atoms with van der Waals surface area (Å²) in [5, 5.41) is 7.92. The number of rotatable bonds is 1. The van der Waals surface area contributed by atoms with E-state index >= 15 is 0 Å². The number of halogens is 3. The summed E-state index contributed by atoms with van der Waals surface area (Å²) in [6.07, 6.45) is -4.23. The SMILES string of the molecule is C/C=C(/C(=O)O)C(F)(F)F. The Kier molecular flexibility index (Phi) is 2.45. The fraction of sp³-hybridized carbons (Fsp3) is 0.400. The summed E-state index contributed by atoms with van der Waals surface area (Å²) >= 11 is 0. The lowest BCUT2D eigenvalue weighted by molar-refractivity contribution is -0.144. The van der Waals surface area contributed by atoms with Crippen molar-refractivity contribution < 1.29 is 23.1 Å². The molecular weight excluding hydrogens is 149 g/mol. The number of carbonyl (C=O) groups is 1. The van der Waals surface area contributed by atoms with Gasteiger partial charge in [0.15, 0.2) is 0 Å². The summed E-state index contributed by atoms with van der Waals surface area (Å²) in [5.74, 6) is -1.95. The topological polar surface area (TPSA) is 37.3 Å². The normalized spacial score (nSPS) is 13.4. The van der Waals surface area contributed by atoms with Crippen LogP contribution in [0.2, 0.25) is 0 Å². The Hall–Kier alpha value is -1.00. The number of carboxylic acids is 1. The number of hydrogen-bond donors (Lipinski definition) is 1. The van der Waals surface area contributed by atoms with Gasteiger partial charge in [0.2, 0.25) is 0 Å². The van der Waals surface area contributed by atoms with Gasteiger partial charge in [-0.1, -0.05) is 6.08 Å². The molecule has 0 aliphatic rings. The monoisotopic (exact) mass is 154 g/mol. The highest BCUT2D eigenvalue weighted by Crippen LogP contribution is 2.25. The van der Waals surface area contributed by atoms with Crippen molar-refractivity contribution in [1.29, 1.82) is 0 Å². The molecule has 0 atom stereocenters. The van der Waals surface area contributed by atoms with Gasteiger partial charge in [0.25, 0.3) is 0 Å². The summed E-state index contributed by atoms with van der Waals surface area (Å²) < 4.78 is 34.6. The van der Waals surface area contributed by atoms with Gasteiger partial charge < -0.3 is 5.11 Å². The van der Waals surface area contributed by atoms with E-state index in [4.69, 9.17) is 5.11 Å². The molecule has 0 aromatic heterocycles. The van der Waals surface area contributed by atoms with Gasteiger partial charge in [0.1, 0.15) is 5.57 Å². The standard InChI is InChI=1S/C5H5F3O2/c1-2-3(4(9)10)5(6,7)8/h2H,1H3,(H,9,10)/b3-2-. The number of hydrogen-bond acceptors (Lipinski definition) is 1. The van der Waals surface area contributed by atoms with Crippen LogP contribution < -0.4 is 0 Å². The third-order valence-corrected chi connectivity index (χ3v) is 0.824. The van der Waals surface area contributed by atoms with Gasteiger partial charge in [-0.15, -0.1) is 0 Å². The first kappa shape index (κ1) is 9.00. The zero-order valence-electron chi connectivity index (χ0n) is 5.07. The highest BCUT2D eigenvalue weighted by atomic mass is 19.4. The van der Waals surface area contributed by atoms with E-state index in [1.54, 1.807) is 0 Å². The minimum atomic E-state index is -4.75. The molecule has 1 N–H and O–H groups in total. The van der Waals surface area contributed by atoms with E-state index in [1.165, 1.54) is 0 Å². The van der Waals surface area contributed by atoms with Crippen LogP contribution in [0.25, 0.3) is 0 Å². The molecule has 0 saturated carbocycles. The van der Waals surface area contributed by atoms with Crippen molar-refractivity contribution in [1.82, 2.24) is 0 Å². The van der Waals surface area contributed by atoms with E-state index in [9.17, 15) is 18.0 Å². The van der Waals surface area contributed by atoms with Crippen molar-refractivity contribution in [2.45, 2.75) is 13.1 Å². The lowest BCUT2D eigenvalue weighted by Gasteiger charge is -2.04. The van der Waals surface area contributed by atoms with Crippen LogP contribution >= 0.6 is 0 Å². The Bertz CT molecular complexity index is 168. The van der Waals surface area contributed by atoms with Crippen molar-refractivity contribution in [3.05, 3.63) is 11.6 Å². The molecule has 0 spiro atoms. The van der Waals surface area contributed by atoms with Crippen molar-refractivity contribution >= 4 is 5.97 Å². The Morgan fingerprint density at radius 2 is 1.90 bits per heavy atom. The molecule has 0 aliphatic carbocycles. The highest BCUT2D eigenvalue weighted by Gasteiger charge is 2.37. The molecule has 0 radical (unpaired) electrons. The Morgan fingerprint density at radius 1 is 1.50 bits per heavy atom. The maximum atomic E-state index is 11.5. The van der Waals surface area contributed by atoms with Crippen molar-refractivity contribution in [2.24, 2.45) is 0 Å². The molecule has 0 saturated heterocycles. The molecule has 0 heterocycles. The molecule has 10 heavy (non-hydrogen) atoms. The van der Waals surface area contributed by atoms with Crippen molar-refractivity contribution in [3.63, 3.8) is 0 Å². The van der Waals surface area contributed by atoms with Crippen LogP contribution in [0.4, 0.5) is 13.2 Å². The Morgan fingerprint density at radius 3 is 1.90 bits per heavy atom. The van der Waals surface area contributed by atoms with Crippen LogP contribution in [0.3, 0.4) is 0 Å². The highest BCUT2D eigenvalue weighted by molar-refractivity contribution is 5.87. The lowest BCUT2D eigenvalue weighted by atomic mass is 10.2. The average molecular weight is 154 g/mol. The number of allylic oxidation sites excluding steroid dienone is 1. The van der Waals surface area contributed by atoms with E-state index < -0.39 is 17.7 Å². The molecular formula is C5H5F3O2. The van der Waals surface area contributed by atoms with E-state index in [1.807, 2.05) is 0 Å². The molecule has 0 amide bonds. The largest absolute Gasteiger partial charge is 0.478 e. The molecule has 58 valence electrons. The van der Waals surface area contributed by atoms with Gasteiger partial charge in [-0.05, 0) is 6.92 Å². The Balaban J connectivity index is 4.56. The molecule has 0 aliphatic heterocycles. The smallest absolute Gasteiger partial charge is 0.423 e. The van der Waals surface area contributed by atoms with Crippen LogP contribution in [-0.4, -0.2) is 17.3 Å². The quantitative estimate of drug-likeness (QED) is 0.582. The predicted octanol–water partition coefficient (Wildman–Crippen LogP) is 1.58. The number of carboxylic acid groups (broad SMARTS) is 1. The fourth-order valence-electron chi connectivity index (χ4n) is 0.408. The summed E-state index contributed by atoms with van der Waals surface area (Å²) in [6.45, 7) is 1.02. The van der Waals surface area contributed by atoms with Crippen LogP contribution in [0, 0.1) is 0 Å². The first-order valence-electron chi connectivity index (χ1n) is 2.36. The minimum absolute atomic E-state index is 0.516. The Labute approximate surface area is 55.0 Å². The van der Waals surface area contributed by atoms with Crippen LogP contribution in [0.1, 0.15) is 6.92 Å². The summed E-state index contributed by atoms with van der Waals surface area (Å²) in [6, 6.07) is 0. The third kappa shape index (κ3) is 2.08. The van der Waals surface area contributed by atoms with E-state index in [0.717, 1.165) is 6.92 Å². The molecule has 5 heteroatoms. The van der Waals surface area contributed by atoms with E-state index in [-0.39, 0.29) is 0 Å². The first-order valence-corrected chi connectivity index (χ1v) is 2.36. The summed E-state index contributed by atoms with van der Waals surface area (Å²) in [5.41, 5.74) is -1.53. The zero-order valence-corrected chi connectivity index (χ0v) is 5.07. The minimum Gasteiger partial charge on any atom is -0.478 e. The maximum absolute atomic E-state index is 11.5. The van der Waals surface area contributed by atoms with E-state index in [0.29, 0.717) is 6.08 Å². The second kappa shape index (κ2) is 2.72. The van der Waals surface area contributed by atoms with Gasteiger partial charge >= 0.3 is 12.1 Å². The van der Waals surface area contributed by atoms with Gasteiger partial charge in [-0.3, -0.25) is 0 Å². The van der Waals surface area contributed by atoms with Crippen LogP contribution in [0.5, 0.6) is 0 Å². The molecule has 2 nitrogen and oxygen atoms in total. The molecule has 0 bridgehead atoms. The van der Waals surface area contributed by atoms with Crippen LogP contribution in [-0.2, 0) is 4.79 Å². The van der Waals surface area contributed by atoms with Gasteiger partial charge in [-0.2, -0.15) is 13.2 Å².